The standard InChI is InChI=1S/C18H29ClN2O2/c1-6-18(7-2,13-20-16(22)23-17(3,4)5)21-12-14-8-10-15(19)11-9-14/h8-11,21H,6-7,12-13H2,1-5H3,(H,20,22). The Hall–Kier alpha value is -1.26. The Balaban J connectivity index is 2.60. The molecule has 0 atom stereocenters. The van der Waals surface area contributed by atoms with Crippen LogP contribution in [0.2, 0.25) is 5.02 Å². The summed E-state index contributed by atoms with van der Waals surface area (Å²) >= 11 is 5.91. The second-order valence-corrected chi connectivity index (χ2v) is 7.26. The molecule has 1 aromatic rings. The fraction of sp³-hybridized carbons (Fsp3) is 0.611. The van der Waals surface area contributed by atoms with Crippen molar-refractivity contribution in [3.63, 3.8) is 0 Å². The molecule has 0 unspecified atom stereocenters. The van der Waals surface area contributed by atoms with Crippen LogP contribution < -0.4 is 10.6 Å². The maximum atomic E-state index is 11.9. The number of rotatable bonds is 7. The number of carbonyl (C=O) groups excluding carboxylic acids is 1. The van der Waals surface area contributed by atoms with Gasteiger partial charge in [-0.05, 0) is 51.3 Å². The molecule has 23 heavy (non-hydrogen) atoms. The minimum absolute atomic E-state index is 0.156. The van der Waals surface area contributed by atoms with E-state index in [0.717, 1.165) is 30.0 Å². The summed E-state index contributed by atoms with van der Waals surface area (Å²) < 4.78 is 5.31. The fourth-order valence-electron chi connectivity index (χ4n) is 2.26. The summed E-state index contributed by atoms with van der Waals surface area (Å²) in [5, 5.41) is 7.19. The molecule has 0 bridgehead atoms. The van der Waals surface area contributed by atoms with Crippen LogP contribution in [0.3, 0.4) is 0 Å². The summed E-state index contributed by atoms with van der Waals surface area (Å²) in [5.74, 6) is 0. The smallest absolute Gasteiger partial charge is 0.407 e. The average Bonchev–Trinajstić information content (AvgIpc) is 2.48. The SMILES string of the molecule is CCC(CC)(CNC(=O)OC(C)(C)C)NCc1ccc(Cl)cc1. The molecule has 0 aliphatic heterocycles. The van der Waals surface area contributed by atoms with Gasteiger partial charge < -0.3 is 15.4 Å². The Kier molecular flexibility index (Phi) is 7.36. The first kappa shape index (κ1) is 19.8. The first-order valence-electron chi connectivity index (χ1n) is 8.16. The normalized spacial score (nSPS) is 12.1. The van der Waals surface area contributed by atoms with Gasteiger partial charge >= 0.3 is 6.09 Å². The zero-order chi connectivity index (χ0) is 17.5. The van der Waals surface area contributed by atoms with Crippen LogP contribution in [0.5, 0.6) is 0 Å². The van der Waals surface area contributed by atoms with E-state index in [9.17, 15) is 4.79 Å². The van der Waals surface area contributed by atoms with Gasteiger partial charge in [-0.25, -0.2) is 4.79 Å². The first-order chi connectivity index (χ1) is 10.7. The highest BCUT2D eigenvalue weighted by molar-refractivity contribution is 6.30. The molecule has 5 heteroatoms. The van der Waals surface area contributed by atoms with Crippen LogP contribution in [-0.2, 0) is 11.3 Å². The van der Waals surface area contributed by atoms with Crippen molar-refractivity contribution < 1.29 is 9.53 Å². The molecule has 0 aliphatic carbocycles. The quantitative estimate of drug-likeness (QED) is 0.767. The lowest BCUT2D eigenvalue weighted by atomic mass is 9.92. The van der Waals surface area contributed by atoms with Crippen LogP contribution in [0.15, 0.2) is 24.3 Å². The maximum Gasteiger partial charge on any atom is 0.407 e. The Labute approximate surface area is 144 Å². The Morgan fingerprint density at radius 1 is 1.13 bits per heavy atom. The fourth-order valence-corrected chi connectivity index (χ4v) is 2.39. The van der Waals surface area contributed by atoms with E-state index in [0.29, 0.717) is 6.54 Å². The van der Waals surface area contributed by atoms with Gasteiger partial charge in [0.15, 0.2) is 0 Å². The Morgan fingerprint density at radius 2 is 1.70 bits per heavy atom. The van der Waals surface area contributed by atoms with Gasteiger partial charge in [0.2, 0.25) is 0 Å². The third-order valence-electron chi connectivity index (χ3n) is 3.90. The first-order valence-corrected chi connectivity index (χ1v) is 8.54. The van der Waals surface area contributed by atoms with E-state index in [1.54, 1.807) is 0 Å². The average molecular weight is 341 g/mol. The lowest BCUT2D eigenvalue weighted by molar-refractivity contribution is 0.0507. The number of alkyl carbamates (subject to hydrolysis) is 1. The van der Waals surface area contributed by atoms with Gasteiger partial charge in [0.1, 0.15) is 5.60 Å². The lowest BCUT2D eigenvalue weighted by Crippen LogP contribution is -2.53. The summed E-state index contributed by atoms with van der Waals surface area (Å²) in [7, 11) is 0. The molecule has 0 saturated heterocycles. The summed E-state index contributed by atoms with van der Waals surface area (Å²) in [5.41, 5.74) is 0.524. The van der Waals surface area contributed by atoms with Crippen molar-refractivity contribution in [2.24, 2.45) is 0 Å². The van der Waals surface area contributed by atoms with Gasteiger partial charge in [0.25, 0.3) is 0 Å². The summed E-state index contributed by atoms with van der Waals surface area (Å²) in [6.07, 6.45) is 1.44. The van der Waals surface area contributed by atoms with Crippen molar-refractivity contribution in [2.45, 2.75) is 65.1 Å². The second kappa shape index (κ2) is 8.55. The third kappa shape index (κ3) is 7.23. The van der Waals surface area contributed by atoms with Crippen LogP contribution in [0.4, 0.5) is 4.79 Å². The second-order valence-electron chi connectivity index (χ2n) is 6.82. The zero-order valence-corrected chi connectivity index (χ0v) is 15.6. The zero-order valence-electron chi connectivity index (χ0n) is 14.8. The van der Waals surface area contributed by atoms with Gasteiger partial charge in [-0.2, -0.15) is 0 Å². The monoisotopic (exact) mass is 340 g/mol. The number of amides is 1. The molecule has 0 fully saturated rings. The number of hydrogen-bond acceptors (Lipinski definition) is 3. The van der Waals surface area contributed by atoms with Gasteiger partial charge in [-0.15, -0.1) is 0 Å². The van der Waals surface area contributed by atoms with Gasteiger partial charge in [-0.3, -0.25) is 0 Å². The topological polar surface area (TPSA) is 50.4 Å². The van der Waals surface area contributed by atoms with Crippen molar-refractivity contribution in [1.29, 1.82) is 0 Å². The molecular weight excluding hydrogens is 312 g/mol. The Bertz CT molecular complexity index is 491. The van der Waals surface area contributed by atoms with Crippen molar-refractivity contribution in [1.82, 2.24) is 10.6 Å². The third-order valence-corrected chi connectivity index (χ3v) is 4.16. The molecule has 4 nitrogen and oxygen atoms in total. The van der Waals surface area contributed by atoms with Crippen LogP contribution in [0.1, 0.15) is 53.0 Å². The van der Waals surface area contributed by atoms with Crippen LogP contribution >= 0.6 is 11.6 Å². The lowest BCUT2D eigenvalue weighted by Gasteiger charge is -2.34. The van der Waals surface area contributed by atoms with Crippen LogP contribution in [0, 0.1) is 0 Å². The van der Waals surface area contributed by atoms with E-state index >= 15 is 0 Å². The van der Waals surface area contributed by atoms with E-state index in [-0.39, 0.29) is 11.6 Å². The highest BCUT2D eigenvalue weighted by Crippen LogP contribution is 2.17. The van der Waals surface area contributed by atoms with Crippen molar-refractivity contribution in [3.8, 4) is 0 Å². The summed E-state index contributed by atoms with van der Waals surface area (Å²) in [4.78, 5) is 11.9. The number of nitrogens with one attached hydrogen (secondary N) is 2. The molecule has 1 amide bonds. The van der Waals surface area contributed by atoms with Gasteiger partial charge in [-0.1, -0.05) is 37.6 Å². The number of halogens is 1. The van der Waals surface area contributed by atoms with Crippen molar-refractivity contribution in [3.05, 3.63) is 34.9 Å². The number of benzene rings is 1. The Morgan fingerprint density at radius 3 is 2.17 bits per heavy atom. The highest BCUT2D eigenvalue weighted by atomic mass is 35.5. The highest BCUT2D eigenvalue weighted by Gasteiger charge is 2.27. The van der Waals surface area contributed by atoms with Crippen LogP contribution in [0.25, 0.3) is 0 Å². The summed E-state index contributed by atoms with van der Waals surface area (Å²) in [6, 6.07) is 7.79. The molecule has 0 saturated carbocycles. The predicted molar refractivity (Wildman–Crippen MR) is 95.8 cm³/mol. The minimum atomic E-state index is -0.484. The number of carbonyl (C=O) groups is 1. The molecule has 0 heterocycles. The minimum Gasteiger partial charge on any atom is -0.444 e. The van der Waals surface area contributed by atoms with E-state index in [4.69, 9.17) is 16.3 Å². The van der Waals surface area contributed by atoms with Crippen molar-refractivity contribution >= 4 is 17.7 Å². The molecule has 2 N–H and O–H groups in total. The molecule has 0 radical (unpaired) electrons. The molecular formula is C18H29ClN2O2. The summed E-state index contributed by atoms with van der Waals surface area (Å²) in [6.45, 7) is 11.1. The number of hydrogen-bond donors (Lipinski definition) is 2. The molecule has 1 aromatic carbocycles. The predicted octanol–water partition coefficient (Wildman–Crippen LogP) is 4.51. The van der Waals surface area contributed by atoms with Gasteiger partial charge in [0.05, 0.1) is 0 Å². The molecule has 130 valence electrons. The maximum absolute atomic E-state index is 11.9. The number of ether oxygens (including phenoxy) is 1. The molecule has 1 rings (SSSR count). The van der Waals surface area contributed by atoms with E-state index in [2.05, 4.69) is 24.5 Å². The van der Waals surface area contributed by atoms with Crippen molar-refractivity contribution in [2.75, 3.05) is 6.54 Å². The molecule has 0 spiro atoms. The molecule has 0 aromatic heterocycles. The molecule has 0 aliphatic rings. The van der Waals surface area contributed by atoms with E-state index in [1.165, 1.54) is 0 Å². The van der Waals surface area contributed by atoms with E-state index in [1.807, 2.05) is 45.0 Å². The van der Waals surface area contributed by atoms with E-state index < -0.39 is 5.60 Å². The largest absolute Gasteiger partial charge is 0.444 e. The van der Waals surface area contributed by atoms with Crippen LogP contribution in [-0.4, -0.2) is 23.8 Å². The van der Waals surface area contributed by atoms with Gasteiger partial charge in [0, 0.05) is 23.7 Å².